The number of hydrogen-bond acceptors (Lipinski definition) is 4. The van der Waals surface area contributed by atoms with Gasteiger partial charge in [-0.15, -0.1) is 35.3 Å². The molecule has 0 aliphatic carbocycles. The maximum absolute atomic E-state index is 12.4. The molecule has 5 nitrogen and oxygen atoms in total. The van der Waals surface area contributed by atoms with Crippen molar-refractivity contribution in [2.24, 2.45) is 4.99 Å². The first-order chi connectivity index (χ1) is 12.2. The van der Waals surface area contributed by atoms with Crippen LogP contribution in [-0.2, 0) is 17.8 Å². The molecule has 1 amide bonds. The molecule has 0 aromatic carbocycles. The summed E-state index contributed by atoms with van der Waals surface area (Å²) in [4.78, 5) is 20.4. The third kappa shape index (κ3) is 8.04. The lowest BCUT2D eigenvalue weighted by atomic mass is 10.1. The summed E-state index contributed by atoms with van der Waals surface area (Å²) in [5, 5.41) is 8.65. The van der Waals surface area contributed by atoms with E-state index in [0.717, 1.165) is 45.0 Å². The van der Waals surface area contributed by atoms with Crippen molar-refractivity contribution in [3.63, 3.8) is 0 Å². The van der Waals surface area contributed by atoms with Gasteiger partial charge in [0.05, 0.1) is 0 Å². The summed E-state index contributed by atoms with van der Waals surface area (Å²) in [5.41, 5.74) is 1.32. The maximum atomic E-state index is 12.4. The molecule has 1 aromatic heterocycles. The minimum atomic E-state index is 0. The van der Waals surface area contributed by atoms with Crippen LogP contribution in [0.15, 0.2) is 16.4 Å². The van der Waals surface area contributed by atoms with E-state index in [9.17, 15) is 4.79 Å². The molecule has 0 radical (unpaired) electrons. The van der Waals surface area contributed by atoms with Crippen LogP contribution in [0.5, 0.6) is 0 Å². The van der Waals surface area contributed by atoms with Gasteiger partial charge >= 0.3 is 0 Å². The number of guanidine groups is 1. The highest BCUT2D eigenvalue weighted by atomic mass is 127. The standard InChI is InChI=1S/C18H30N4OS2.HI/c1-3-19-18(20-9-4-5-12-24-2)21-10-6-17(23)22-11-7-16-15(14-22)8-13-25-16;/h8,13H,3-7,9-12,14H2,1-2H3,(H2,19,20,21);1H. The predicted octanol–water partition coefficient (Wildman–Crippen LogP) is 3.34. The molecule has 0 fully saturated rings. The zero-order valence-electron chi connectivity index (χ0n) is 15.8. The van der Waals surface area contributed by atoms with Crippen LogP contribution in [0.25, 0.3) is 0 Å². The van der Waals surface area contributed by atoms with Crippen LogP contribution in [0.2, 0.25) is 0 Å². The van der Waals surface area contributed by atoms with Gasteiger partial charge in [0, 0.05) is 44.0 Å². The number of fused-ring (bicyclic) bond motifs is 1. The van der Waals surface area contributed by atoms with E-state index in [2.05, 4.69) is 40.3 Å². The number of nitrogens with one attached hydrogen (secondary N) is 2. The summed E-state index contributed by atoms with van der Waals surface area (Å²) in [6.45, 7) is 5.95. The molecule has 148 valence electrons. The number of rotatable bonds is 9. The van der Waals surface area contributed by atoms with Crippen LogP contribution >= 0.6 is 47.1 Å². The first-order valence-corrected chi connectivity index (χ1v) is 11.4. The summed E-state index contributed by atoms with van der Waals surface area (Å²) in [6.07, 6.45) is 5.94. The average molecular weight is 511 g/mol. The van der Waals surface area contributed by atoms with Crippen molar-refractivity contribution in [2.45, 2.75) is 39.2 Å². The summed E-state index contributed by atoms with van der Waals surface area (Å²) in [6, 6.07) is 2.14. The van der Waals surface area contributed by atoms with Crippen molar-refractivity contribution in [1.82, 2.24) is 15.5 Å². The lowest BCUT2D eigenvalue weighted by Gasteiger charge is -2.27. The Bertz CT molecular complexity index is 565. The SMILES string of the molecule is CCNC(=NCCCCSC)NCCC(=O)N1CCc2sccc2C1.I. The Labute approximate surface area is 182 Å². The molecule has 0 atom stereocenters. The molecular weight excluding hydrogens is 479 g/mol. The van der Waals surface area contributed by atoms with Gasteiger partial charge in [0.2, 0.25) is 5.91 Å². The Morgan fingerprint density at radius 2 is 2.23 bits per heavy atom. The molecule has 0 spiro atoms. The van der Waals surface area contributed by atoms with E-state index in [-0.39, 0.29) is 29.9 Å². The molecule has 0 saturated carbocycles. The lowest BCUT2D eigenvalue weighted by Crippen LogP contribution is -2.41. The first kappa shape index (κ1) is 23.6. The van der Waals surface area contributed by atoms with Gasteiger partial charge in [-0.3, -0.25) is 9.79 Å². The third-order valence-corrected chi connectivity index (χ3v) is 5.88. The summed E-state index contributed by atoms with van der Waals surface area (Å²) < 4.78 is 0. The van der Waals surface area contributed by atoms with Gasteiger partial charge in [0.1, 0.15) is 0 Å². The molecule has 1 aliphatic heterocycles. The number of aliphatic imine (C=N–C) groups is 1. The van der Waals surface area contributed by atoms with Gasteiger partial charge < -0.3 is 15.5 Å². The zero-order chi connectivity index (χ0) is 17.9. The first-order valence-electron chi connectivity index (χ1n) is 9.08. The van der Waals surface area contributed by atoms with Crippen molar-refractivity contribution in [2.75, 3.05) is 38.2 Å². The van der Waals surface area contributed by atoms with Gasteiger partial charge in [0.25, 0.3) is 0 Å². The fraction of sp³-hybridized carbons (Fsp3) is 0.667. The van der Waals surface area contributed by atoms with Crippen LogP contribution in [0.1, 0.15) is 36.6 Å². The monoisotopic (exact) mass is 510 g/mol. The van der Waals surface area contributed by atoms with Crippen LogP contribution in [-0.4, -0.2) is 55.0 Å². The molecule has 0 unspecified atom stereocenters. The Balaban J connectivity index is 0.00000338. The number of halogens is 1. The fourth-order valence-corrected chi connectivity index (χ4v) is 4.18. The van der Waals surface area contributed by atoms with E-state index in [1.807, 2.05) is 16.7 Å². The van der Waals surface area contributed by atoms with E-state index < -0.39 is 0 Å². The molecular formula is C18H31IN4OS2. The number of nitrogens with zero attached hydrogens (tertiary/aromatic N) is 2. The molecule has 2 N–H and O–H groups in total. The molecule has 2 rings (SSSR count). The minimum Gasteiger partial charge on any atom is -0.357 e. The van der Waals surface area contributed by atoms with Crippen molar-refractivity contribution in [1.29, 1.82) is 0 Å². The summed E-state index contributed by atoms with van der Waals surface area (Å²) >= 11 is 3.68. The number of hydrogen-bond donors (Lipinski definition) is 2. The molecule has 0 bridgehead atoms. The zero-order valence-corrected chi connectivity index (χ0v) is 19.7. The second kappa shape index (κ2) is 13.7. The Kier molecular flexibility index (Phi) is 12.4. The number of amides is 1. The van der Waals surface area contributed by atoms with Crippen LogP contribution in [0.3, 0.4) is 0 Å². The topological polar surface area (TPSA) is 56.7 Å². The normalized spacial score (nSPS) is 13.8. The van der Waals surface area contributed by atoms with E-state index in [1.54, 1.807) is 11.3 Å². The molecule has 0 saturated heterocycles. The van der Waals surface area contributed by atoms with E-state index >= 15 is 0 Å². The van der Waals surface area contributed by atoms with Crippen molar-refractivity contribution in [3.8, 4) is 0 Å². The highest BCUT2D eigenvalue weighted by Crippen LogP contribution is 2.24. The maximum Gasteiger partial charge on any atom is 0.224 e. The number of unbranched alkanes of at least 4 members (excludes halogenated alkanes) is 1. The largest absolute Gasteiger partial charge is 0.357 e. The van der Waals surface area contributed by atoms with Gasteiger partial charge in [-0.25, -0.2) is 0 Å². The molecule has 2 heterocycles. The Hall–Kier alpha value is -0.480. The Morgan fingerprint density at radius 3 is 3.00 bits per heavy atom. The van der Waals surface area contributed by atoms with Crippen molar-refractivity contribution in [3.05, 3.63) is 21.9 Å². The lowest BCUT2D eigenvalue weighted by molar-refractivity contribution is -0.131. The van der Waals surface area contributed by atoms with Crippen LogP contribution in [0, 0.1) is 0 Å². The highest BCUT2D eigenvalue weighted by molar-refractivity contribution is 14.0. The van der Waals surface area contributed by atoms with E-state index in [0.29, 0.717) is 13.0 Å². The second-order valence-electron chi connectivity index (χ2n) is 6.07. The number of carbonyl (C=O) groups excluding carboxylic acids is 1. The summed E-state index contributed by atoms with van der Waals surface area (Å²) in [7, 11) is 0. The highest BCUT2D eigenvalue weighted by Gasteiger charge is 2.20. The number of carbonyl (C=O) groups is 1. The minimum absolute atomic E-state index is 0. The van der Waals surface area contributed by atoms with Crippen LogP contribution in [0.4, 0.5) is 0 Å². The van der Waals surface area contributed by atoms with Gasteiger partial charge in [-0.2, -0.15) is 11.8 Å². The smallest absolute Gasteiger partial charge is 0.224 e. The summed E-state index contributed by atoms with van der Waals surface area (Å²) in [5.74, 6) is 2.23. The van der Waals surface area contributed by atoms with Gasteiger partial charge in [-0.1, -0.05) is 0 Å². The average Bonchev–Trinajstić information content (AvgIpc) is 3.09. The number of thiophene rings is 1. The van der Waals surface area contributed by atoms with E-state index in [1.165, 1.54) is 22.6 Å². The Morgan fingerprint density at radius 1 is 1.38 bits per heavy atom. The van der Waals surface area contributed by atoms with Crippen molar-refractivity contribution >= 4 is 58.9 Å². The molecule has 8 heteroatoms. The number of thioether (sulfide) groups is 1. The van der Waals surface area contributed by atoms with Crippen molar-refractivity contribution < 1.29 is 4.79 Å². The molecule has 26 heavy (non-hydrogen) atoms. The second-order valence-corrected chi connectivity index (χ2v) is 8.06. The van der Waals surface area contributed by atoms with E-state index in [4.69, 9.17) is 0 Å². The van der Waals surface area contributed by atoms with Crippen LogP contribution < -0.4 is 10.6 Å². The molecule has 1 aromatic rings. The molecule has 1 aliphatic rings. The third-order valence-electron chi connectivity index (χ3n) is 4.16. The van der Waals surface area contributed by atoms with Gasteiger partial charge in [0.15, 0.2) is 5.96 Å². The quantitative estimate of drug-likeness (QED) is 0.232. The fourth-order valence-electron chi connectivity index (χ4n) is 2.80. The van der Waals surface area contributed by atoms with Gasteiger partial charge in [-0.05, 0) is 55.2 Å². The predicted molar refractivity (Wildman–Crippen MR) is 125 cm³/mol.